The molecule has 0 bridgehead atoms. The molecule has 5 heteroatoms. The van der Waals surface area contributed by atoms with Crippen LogP contribution in [0.5, 0.6) is 0 Å². The highest BCUT2D eigenvalue weighted by molar-refractivity contribution is 5.96. The molecule has 3 aromatic rings. The molecule has 0 aromatic heterocycles. The number of benzene rings is 3. The van der Waals surface area contributed by atoms with Gasteiger partial charge in [0.1, 0.15) is 12.7 Å². The number of nitrogens with one attached hydrogen (secondary N) is 2. The lowest BCUT2D eigenvalue weighted by Gasteiger charge is -2.19. The first kappa shape index (κ1) is 21.3. The molecule has 5 nitrogen and oxygen atoms in total. The van der Waals surface area contributed by atoms with Crippen LogP contribution in [-0.4, -0.2) is 24.5 Å². The van der Waals surface area contributed by atoms with Gasteiger partial charge < -0.3 is 15.4 Å². The van der Waals surface area contributed by atoms with Crippen molar-refractivity contribution in [1.29, 1.82) is 0 Å². The minimum absolute atomic E-state index is 0.0659. The van der Waals surface area contributed by atoms with E-state index in [0.29, 0.717) is 11.3 Å². The molecule has 0 atom stereocenters. The van der Waals surface area contributed by atoms with Gasteiger partial charge in [-0.05, 0) is 49.2 Å². The second-order valence-corrected chi connectivity index (χ2v) is 7.27. The van der Waals surface area contributed by atoms with Crippen molar-refractivity contribution in [2.45, 2.75) is 26.0 Å². The van der Waals surface area contributed by atoms with E-state index in [9.17, 15) is 9.59 Å². The van der Waals surface area contributed by atoms with E-state index < -0.39 is 0 Å². The fraction of sp³-hybridized carbons (Fsp3) is 0.200. The Morgan fingerprint density at radius 1 is 0.800 bits per heavy atom. The molecule has 0 saturated carbocycles. The molecule has 0 saturated heterocycles. The first-order valence-electron chi connectivity index (χ1n) is 9.95. The Bertz CT molecular complexity index is 915. The van der Waals surface area contributed by atoms with Crippen molar-refractivity contribution in [1.82, 2.24) is 5.32 Å². The average molecular weight is 402 g/mol. The standard InChI is InChI=1S/C25H26N2O3/c1-18(2)26-25(29)21-13-15-22(16-14-21)27-23(28)17-30-24(19-9-5-3-6-10-19)20-11-7-4-8-12-20/h3-16,18,24H,17H2,1-2H3,(H,26,29)(H,27,28). The summed E-state index contributed by atoms with van der Waals surface area (Å²) in [5.41, 5.74) is 3.13. The van der Waals surface area contributed by atoms with Crippen LogP contribution in [0, 0.1) is 0 Å². The molecule has 2 N–H and O–H groups in total. The van der Waals surface area contributed by atoms with Gasteiger partial charge in [-0.1, -0.05) is 60.7 Å². The smallest absolute Gasteiger partial charge is 0.251 e. The summed E-state index contributed by atoms with van der Waals surface area (Å²) in [5.74, 6) is -0.397. The van der Waals surface area contributed by atoms with Crippen LogP contribution in [0.4, 0.5) is 5.69 Å². The van der Waals surface area contributed by atoms with Crippen LogP contribution in [0.3, 0.4) is 0 Å². The number of carbonyl (C=O) groups excluding carboxylic acids is 2. The molecular formula is C25H26N2O3. The van der Waals surface area contributed by atoms with Crippen molar-refractivity contribution < 1.29 is 14.3 Å². The molecule has 0 aliphatic carbocycles. The molecule has 30 heavy (non-hydrogen) atoms. The van der Waals surface area contributed by atoms with Gasteiger partial charge in [-0.3, -0.25) is 9.59 Å². The second-order valence-electron chi connectivity index (χ2n) is 7.27. The lowest BCUT2D eigenvalue weighted by atomic mass is 10.0. The van der Waals surface area contributed by atoms with Crippen LogP contribution in [0.1, 0.15) is 41.4 Å². The maximum atomic E-state index is 12.4. The van der Waals surface area contributed by atoms with Crippen LogP contribution < -0.4 is 10.6 Å². The summed E-state index contributed by atoms with van der Waals surface area (Å²) >= 11 is 0. The van der Waals surface area contributed by atoms with Crippen molar-refractivity contribution in [3.63, 3.8) is 0 Å². The summed E-state index contributed by atoms with van der Waals surface area (Å²) in [7, 11) is 0. The summed E-state index contributed by atoms with van der Waals surface area (Å²) in [6.07, 6.45) is -0.333. The topological polar surface area (TPSA) is 67.4 Å². The van der Waals surface area contributed by atoms with E-state index in [1.807, 2.05) is 74.5 Å². The molecule has 0 aliphatic heterocycles. The first-order valence-corrected chi connectivity index (χ1v) is 9.95. The van der Waals surface area contributed by atoms with E-state index in [4.69, 9.17) is 4.74 Å². The van der Waals surface area contributed by atoms with E-state index >= 15 is 0 Å². The molecule has 3 rings (SSSR count). The third-order valence-corrected chi connectivity index (χ3v) is 4.44. The van der Waals surface area contributed by atoms with E-state index in [-0.39, 0.29) is 30.6 Å². The zero-order valence-electron chi connectivity index (χ0n) is 17.2. The number of rotatable bonds is 8. The summed E-state index contributed by atoms with van der Waals surface area (Å²) in [6.45, 7) is 3.72. The van der Waals surface area contributed by atoms with E-state index in [0.717, 1.165) is 11.1 Å². The molecule has 0 fully saturated rings. The van der Waals surface area contributed by atoms with E-state index in [1.165, 1.54) is 0 Å². The fourth-order valence-corrected chi connectivity index (χ4v) is 3.05. The predicted molar refractivity (Wildman–Crippen MR) is 118 cm³/mol. The van der Waals surface area contributed by atoms with Crippen LogP contribution in [0.2, 0.25) is 0 Å². The number of ether oxygens (including phenoxy) is 1. The average Bonchev–Trinajstić information content (AvgIpc) is 2.75. The zero-order chi connectivity index (χ0) is 21.3. The van der Waals surface area contributed by atoms with Gasteiger partial charge in [-0.2, -0.15) is 0 Å². The summed E-state index contributed by atoms with van der Waals surface area (Å²) in [6, 6.07) is 26.5. The van der Waals surface area contributed by atoms with Gasteiger partial charge in [0.2, 0.25) is 5.91 Å². The highest BCUT2D eigenvalue weighted by Gasteiger charge is 2.16. The van der Waals surface area contributed by atoms with Crippen LogP contribution in [0.15, 0.2) is 84.9 Å². The van der Waals surface area contributed by atoms with Gasteiger partial charge in [0, 0.05) is 17.3 Å². The molecule has 2 amide bonds. The lowest BCUT2D eigenvalue weighted by Crippen LogP contribution is -2.30. The van der Waals surface area contributed by atoms with Crippen molar-refractivity contribution in [3.8, 4) is 0 Å². The Balaban J connectivity index is 1.61. The number of anilines is 1. The summed E-state index contributed by atoms with van der Waals surface area (Å²) < 4.78 is 5.98. The van der Waals surface area contributed by atoms with E-state index in [2.05, 4.69) is 10.6 Å². The normalized spacial score (nSPS) is 10.8. The molecule has 3 aromatic carbocycles. The number of hydrogen-bond acceptors (Lipinski definition) is 3. The van der Waals surface area contributed by atoms with Crippen LogP contribution >= 0.6 is 0 Å². The number of carbonyl (C=O) groups is 2. The Labute approximate surface area is 177 Å². The SMILES string of the molecule is CC(C)NC(=O)c1ccc(NC(=O)COC(c2ccccc2)c2ccccc2)cc1. The minimum atomic E-state index is -0.333. The minimum Gasteiger partial charge on any atom is -0.359 e. The number of hydrogen-bond donors (Lipinski definition) is 2. The second kappa shape index (κ2) is 10.4. The first-order chi connectivity index (χ1) is 14.5. The molecule has 0 heterocycles. The summed E-state index contributed by atoms with van der Waals surface area (Å²) in [5, 5.41) is 5.65. The highest BCUT2D eigenvalue weighted by Crippen LogP contribution is 2.25. The van der Waals surface area contributed by atoms with Crippen molar-refractivity contribution >= 4 is 17.5 Å². The van der Waals surface area contributed by atoms with Gasteiger partial charge in [0.25, 0.3) is 5.91 Å². The maximum Gasteiger partial charge on any atom is 0.251 e. The fourth-order valence-electron chi connectivity index (χ4n) is 3.05. The number of amides is 2. The lowest BCUT2D eigenvalue weighted by molar-refractivity contribution is -0.121. The van der Waals surface area contributed by atoms with Crippen molar-refractivity contribution in [3.05, 3.63) is 102 Å². The molecule has 154 valence electrons. The van der Waals surface area contributed by atoms with Crippen LogP contribution in [0.25, 0.3) is 0 Å². The monoisotopic (exact) mass is 402 g/mol. The predicted octanol–water partition coefficient (Wildman–Crippen LogP) is 4.57. The Morgan fingerprint density at radius 2 is 1.33 bits per heavy atom. The van der Waals surface area contributed by atoms with Gasteiger partial charge in [-0.15, -0.1) is 0 Å². The highest BCUT2D eigenvalue weighted by atomic mass is 16.5. The van der Waals surface area contributed by atoms with Crippen LogP contribution in [-0.2, 0) is 9.53 Å². The molecule has 0 radical (unpaired) electrons. The van der Waals surface area contributed by atoms with Gasteiger partial charge in [-0.25, -0.2) is 0 Å². The quantitative estimate of drug-likeness (QED) is 0.580. The van der Waals surface area contributed by atoms with E-state index in [1.54, 1.807) is 24.3 Å². The largest absolute Gasteiger partial charge is 0.359 e. The third kappa shape index (κ3) is 6.03. The van der Waals surface area contributed by atoms with Crippen molar-refractivity contribution in [2.75, 3.05) is 11.9 Å². The van der Waals surface area contributed by atoms with Gasteiger partial charge in [0.15, 0.2) is 0 Å². The Hall–Kier alpha value is -3.44. The Kier molecular flexibility index (Phi) is 7.35. The third-order valence-electron chi connectivity index (χ3n) is 4.44. The zero-order valence-corrected chi connectivity index (χ0v) is 17.2. The van der Waals surface area contributed by atoms with Gasteiger partial charge >= 0.3 is 0 Å². The molecule has 0 spiro atoms. The molecular weight excluding hydrogens is 376 g/mol. The van der Waals surface area contributed by atoms with Gasteiger partial charge in [0.05, 0.1) is 0 Å². The molecule has 0 unspecified atom stereocenters. The molecule has 0 aliphatic rings. The summed E-state index contributed by atoms with van der Waals surface area (Å²) in [4.78, 5) is 24.4. The van der Waals surface area contributed by atoms with Crippen molar-refractivity contribution in [2.24, 2.45) is 0 Å². The Morgan fingerprint density at radius 3 is 1.83 bits per heavy atom. The maximum absolute atomic E-state index is 12.4.